The van der Waals surface area contributed by atoms with E-state index in [1.165, 1.54) is 18.3 Å². The molecule has 0 aromatic carbocycles. The third kappa shape index (κ3) is 3.53. The van der Waals surface area contributed by atoms with Crippen molar-refractivity contribution >= 4 is 6.29 Å². The number of hydrogen-bond acceptors (Lipinski definition) is 4. The van der Waals surface area contributed by atoms with Crippen LogP contribution in [0.1, 0.15) is 21.7 Å². The Morgan fingerprint density at radius 1 is 1.20 bits per heavy atom. The molecule has 0 aliphatic rings. The second-order valence-corrected chi connectivity index (χ2v) is 3.87. The third-order valence-electron chi connectivity index (χ3n) is 2.39. The molecule has 2 rings (SSSR count). The predicted octanol–water partition coefficient (Wildman–Crippen LogP) is 2.89. The minimum Gasteiger partial charge on any atom is -0.489 e. The fourth-order valence-corrected chi connectivity index (χ4v) is 1.43. The zero-order chi connectivity index (χ0) is 14.6. The number of ether oxygens (including phenoxy) is 1. The molecule has 0 fully saturated rings. The van der Waals surface area contributed by atoms with Crippen LogP contribution in [0, 0.1) is 0 Å². The van der Waals surface area contributed by atoms with Gasteiger partial charge in [0.25, 0.3) is 0 Å². The molecule has 0 bridgehead atoms. The molecule has 2 heterocycles. The van der Waals surface area contributed by atoms with E-state index in [4.69, 9.17) is 4.74 Å². The second-order valence-electron chi connectivity index (χ2n) is 3.87. The molecule has 0 saturated heterocycles. The number of pyridine rings is 2. The van der Waals surface area contributed by atoms with Crippen LogP contribution in [0.15, 0.2) is 36.7 Å². The summed E-state index contributed by atoms with van der Waals surface area (Å²) in [6, 6.07) is 5.16. The third-order valence-corrected chi connectivity index (χ3v) is 2.39. The fraction of sp³-hybridized carbons (Fsp3) is 0.154. The molecule has 20 heavy (non-hydrogen) atoms. The molecule has 4 nitrogen and oxygen atoms in total. The van der Waals surface area contributed by atoms with Crippen LogP contribution in [0.4, 0.5) is 13.2 Å². The smallest absolute Gasteiger partial charge is 0.433 e. The monoisotopic (exact) mass is 282 g/mol. The number of carbonyl (C=O) groups excluding carboxylic acids is 1. The first-order chi connectivity index (χ1) is 9.49. The molecule has 0 aliphatic heterocycles. The number of hydrogen-bond donors (Lipinski definition) is 0. The molecular formula is C13H9F3N2O2. The molecule has 2 aromatic heterocycles. The molecule has 0 spiro atoms. The van der Waals surface area contributed by atoms with E-state index in [9.17, 15) is 18.0 Å². The van der Waals surface area contributed by atoms with Gasteiger partial charge in [-0.1, -0.05) is 6.07 Å². The summed E-state index contributed by atoms with van der Waals surface area (Å²) in [6.07, 6.45) is -1.37. The van der Waals surface area contributed by atoms with Crippen molar-refractivity contribution in [2.24, 2.45) is 0 Å². The molecule has 104 valence electrons. The van der Waals surface area contributed by atoms with Crippen molar-refractivity contribution in [2.45, 2.75) is 12.8 Å². The quantitative estimate of drug-likeness (QED) is 0.809. The molecule has 0 atom stereocenters. The van der Waals surface area contributed by atoms with Crippen LogP contribution < -0.4 is 4.74 Å². The first kappa shape index (κ1) is 14.0. The van der Waals surface area contributed by atoms with E-state index < -0.39 is 11.9 Å². The number of aromatic nitrogens is 2. The average molecular weight is 282 g/mol. The highest BCUT2D eigenvalue weighted by Crippen LogP contribution is 2.27. The summed E-state index contributed by atoms with van der Waals surface area (Å²) in [5.41, 5.74) is -0.246. The number of nitrogens with zero attached hydrogens (tertiary/aromatic N) is 2. The number of halogens is 3. The molecule has 0 saturated carbocycles. The lowest BCUT2D eigenvalue weighted by Gasteiger charge is -2.08. The van der Waals surface area contributed by atoms with Crippen molar-refractivity contribution < 1.29 is 22.7 Å². The maximum Gasteiger partial charge on any atom is 0.433 e. The molecule has 0 amide bonds. The minimum absolute atomic E-state index is 0.0491. The van der Waals surface area contributed by atoms with E-state index >= 15 is 0 Å². The average Bonchev–Trinajstić information content (AvgIpc) is 2.45. The molecular weight excluding hydrogens is 273 g/mol. The molecule has 0 N–H and O–H groups in total. The summed E-state index contributed by atoms with van der Waals surface area (Å²) in [7, 11) is 0. The summed E-state index contributed by atoms with van der Waals surface area (Å²) in [6.45, 7) is 0.0491. The summed E-state index contributed by atoms with van der Waals surface area (Å²) in [4.78, 5) is 17.6. The number of alkyl halides is 3. The SMILES string of the molecule is O=Cc1cc(OCc2ccc(C(F)(F)F)nc2)ccn1. The van der Waals surface area contributed by atoms with Gasteiger partial charge in [0.1, 0.15) is 23.7 Å². The fourth-order valence-electron chi connectivity index (χ4n) is 1.43. The highest BCUT2D eigenvalue weighted by molar-refractivity contribution is 5.72. The highest BCUT2D eigenvalue weighted by atomic mass is 19.4. The molecule has 0 radical (unpaired) electrons. The maximum atomic E-state index is 12.3. The topological polar surface area (TPSA) is 52.1 Å². The van der Waals surface area contributed by atoms with Crippen molar-refractivity contribution in [1.82, 2.24) is 9.97 Å². The Hall–Kier alpha value is -2.44. The Bertz CT molecular complexity index is 597. The first-order valence-electron chi connectivity index (χ1n) is 5.55. The Morgan fingerprint density at radius 2 is 2.00 bits per heavy atom. The summed E-state index contributed by atoms with van der Waals surface area (Å²) in [5, 5.41) is 0. The molecule has 0 unspecified atom stereocenters. The number of rotatable bonds is 4. The van der Waals surface area contributed by atoms with Crippen LogP contribution in [0.2, 0.25) is 0 Å². The van der Waals surface area contributed by atoms with Gasteiger partial charge < -0.3 is 4.74 Å². The lowest BCUT2D eigenvalue weighted by Crippen LogP contribution is -2.08. The van der Waals surface area contributed by atoms with Gasteiger partial charge in [-0.3, -0.25) is 14.8 Å². The van der Waals surface area contributed by atoms with E-state index in [0.717, 1.165) is 12.3 Å². The normalized spacial score (nSPS) is 11.2. The van der Waals surface area contributed by atoms with Crippen molar-refractivity contribution in [1.29, 1.82) is 0 Å². The van der Waals surface area contributed by atoms with Crippen molar-refractivity contribution in [3.8, 4) is 5.75 Å². The lowest BCUT2D eigenvalue weighted by atomic mass is 10.2. The van der Waals surface area contributed by atoms with Crippen LogP contribution >= 0.6 is 0 Å². The van der Waals surface area contributed by atoms with Gasteiger partial charge in [0.05, 0.1) is 0 Å². The predicted molar refractivity (Wildman–Crippen MR) is 63.2 cm³/mol. The van der Waals surface area contributed by atoms with Gasteiger partial charge in [-0.15, -0.1) is 0 Å². The zero-order valence-electron chi connectivity index (χ0n) is 10.1. The number of aldehydes is 1. The van der Waals surface area contributed by atoms with Crippen LogP contribution in [0.5, 0.6) is 5.75 Å². The van der Waals surface area contributed by atoms with Gasteiger partial charge in [0, 0.05) is 24.0 Å². The summed E-state index contributed by atoms with van der Waals surface area (Å²) >= 11 is 0. The first-order valence-corrected chi connectivity index (χ1v) is 5.55. The van der Waals surface area contributed by atoms with Gasteiger partial charge in [-0.05, 0) is 12.1 Å². The van der Waals surface area contributed by atoms with Crippen molar-refractivity contribution in [2.75, 3.05) is 0 Å². The molecule has 7 heteroatoms. The minimum atomic E-state index is -4.46. The van der Waals surface area contributed by atoms with E-state index in [-0.39, 0.29) is 12.3 Å². The van der Waals surface area contributed by atoms with Crippen LogP contribution in [0.3, 0.4) is 0 Å². The highest BCUT2D eigenvalue weighted by Gasteiger charge is 2.31. The van der Waals surface area contributed by atoms with Crippen LogP contribution in [0.25, 0.3) is 0 Å². The van der Waals surface area contributed by atoms with Crippen molar-refractivity contribution in [3.63, 3.8) is 0 Å². The van der Waals surface area contributed by atoms with Gasteiger partial charge in [0.2, 0.25) is 0 Å². The standard InChI is InChI=1S/C13H9F3N2O2/c14-13(15,16)12-2-1-9(6-18-12)8-20-11-3-4-17-10(5-11)7-19/h1-7H,8H2. The zero-order valence-corrected chi connectivity index (χ0v) is 10.1. The Balaban J connectivity index is 2.02. The Kier molecular flexibility index (Phi) is 3.97. The largest absolute Gasteiger partial charge is 0.489 e. The van der Waals surface area contributed by atoms with Crippen molar-refractivity contribution in [3.05, 3.63) is 53.6 Å². The lowest BCUT2D eigenvalue weighted by molar-refractivity contribution is -0.141. The van der Waals surface area contributed by atoms with Gasteiger partial charge in [-0.2, -0.15) is 13.2 Å². The Labute approximate surface area is 112 Å². The molecule has 0 aliphatic carbocycles. The van der Waals surface area contributed by atoms with E-state index in [1.54, 1.807) is 6.07 Å². The summed E-state index contributed by atoms with van der Waals surface area (Å²) < 4.78 is 42.3. The van der Waals surface area contributed by atoms with Gasteiger partial charge in [-0.25, -0.2) is 0 Å². The Morgan fingerprint density at radius 3 is 2.60 bits per heavy atom. The van der Waals surface area contributed by atoms with Gasteiger partial charge in [0.15, 0.2) is 6.29 Å². The molecule has 2 aromatic rings. The second kappa shape index (κ2) is 5.68. The summed E-state index contributed by atoms with van der Waals surface area (Å²) in [5.74, 6) is 0.405. The van der Waals surface area contributed by atoms with Crippen LogP contribution in [-0.4, -0.2) is 16.3 Å². The van der Waals surface area contributed by atoms with E-state index in [1.807, 2.05) is 0 Å². The van der Waals surface area contributed by atoms with Crippen LogP contribution in [-0.2, 0) is 12.8 Å². The maximum absolute atomic E-state index is 12.3. The van der Waals surface area contributed by atoms with E-state index in [2.05, 4.69) is 9.97 Å². The van der Waals surface area contributed by atoms with E-state index in [0.29, 0.717) is 17.6 Å². The van der Waals surface area contributed by atoms with Gasteiger partial charge >= 0.3 is 6.18 Å². The number of carbonyl (C=O) groups is 1.